The number of hydrogen-bond acceptors (Lipinski definition) is 6. The summed E-state index contributed by atoms with van der Waals surface area (Å²) in [5.41, 5.74) is -0.146. The van der Waals surface area contributed by atoms with Gasteiger partial charge in [0, 0.05) is 0 Å². The SMILES string of the molecule is COC(=O)COc1ccc(/C=C2/SC(=S)N(c3cccc(C(F)(F)F)c3)C2=O)cc1. The molecular formula is C20H14F3NO4S2. The lowest BCUT2D eigenvalue weighted by atomic mass is 10.1. The maximum absolute atomic E-state index is 13.0. The van der Waals surface area contributed by atoms with Gasteiger partial charge in [-0.15, -0.1) is 0 Å². The summed E-state index contributed by atoms with van der Waals surface area (Å²) in [5.74, 6) is -0.582. The summed E-state index contributed by atoms with van der Waals surface area (Å²) in [6.07, 6.45) is -2.94. The predicted molar refractivity (Wildman–Crippen MR) is 111 cm³/mol. The normalized spacial score (nSPS) is 15.6. The van der Waals surface area contributed by atoms with Crippen molar-refractivity contribution < 1.29 is 32.2 Å². The number of thioether (sulfide) groups is 1. The number of amides is 1. The second kappa shape index (κ2) is 8.88. The number of carbonyl (C=O) groups excluding carboxylic acids is 2. The second-order valence-electron chi connectivity index (χ2n) is 6.00. The molecule has 0 N–H and O–H groups in total. The van der Waals surface area contributed by atoms with Crippen LogP contribution in [0.25, 0.3) is 6.08 Å². The first-order chi connectivity index (χ1) is 14.2. The molecule has 0 spiro atoms. The molecule has 1 aliphatic rings. The smallest absolute Gasteiger partial charge is 0.416 e. The van der Waals surface area contributed by atoms with Crippen LogP contribution in [0.15, 0.2) is 53.4 Å². The Morgan fingerprint density at radius 2 is 1.90 bits per heavy atom. The summed E-state index contributed by atoms with van der Waals surface area (Å²) in [5, 5.41) is 0. The maximum Gasteiger partial charge on any atom is 0.416 e. The lowest BCUT2D eigenvalue weighted by molar-refractivity contribution is -0.143. The van der Waals surface area contributed by atoms with Gasteiger partial charge in [0.25, 0.3) is 5.91 Å². The van der Waals surface area contributed by atoms with Gasteiger partial charge in [-0.2, -0.15) is 13.2 Å². The fourth-order valence-corrected chi connectivity index (χ4v) is 3.82. The number of carbonyl (C=O) groups is 2. The molecule has 1 aliphatic heterocycles. The van der Waals surface area contributed by atoms with Crippen LogP contribution >= 0.6 is 24.0 Å². The fraction of sp³-hybridized carbons (Fsp3) is 0.150. The summed E-state index contributed by atoms with van der Waals surface area (Å²) in [6, 6.07) is 11.0. The van der Waals surface area contributed by atoms with E-state index < -0.39 is 23.6 Å². The number of ether oxygens (including phenoxy) is 2. The Hall–Kier alpha value is -2.85. The van der Waals surface area contributed by atoms with Gasteiger partial charge in [-0.3, -0.25) is 9.69 Å². The van der Waals surface area contributed by atoms with Crippen LogP contribution in [0.1, 0.15) is 11.1 Å². The summed E-state index contributed by atoms with van der Waals surface area (Å²) < 4.78 is 48.8. The van der Waals surface area contributed by atoms with Gasteiger partial charge in [-0.25, -0.2) is 4.79 Å². The number of esters is 1. The van der Waals surface area contributed by atoms with Crippen LogP contribution in [0.3, 0.4) is 0 Å². The largest absolute Gasteiger partial charge is 0.482 e. The zero-order valence-electron chi connectivity index (χ0n) is 15.4. The van der Waals surface area contributed by atoms with Crippen molar-refractivity contribution in [1.29, 1.82) is 0 Å². The third-order valence-corrected chi connectivity index (χ3v) is 5.29. The van der Waals surface area contributed by atoms with E-state index in [1.165, 1.54) is 19.2 Å². The number of rotatable bonds is 5. The molecule has 1 fully saturated rings. The van der Waals surface area contributed by atoms with E-state index in [4.69, 9.17) is 17.0 Å². The number of nitrogens with zero attached hydrogens (tertiary/aromatic N) is 1. The van der Waals surface area contributed by atoms with Crippen LogP contribution < -0.4 is 9.64 Å². The standard InChI is InChI=1S/C20H14F3NO4S2/c1-27-17(25)11-28-15-7-5-12(6-8-15)9-16-18(26)24(19(29)30-16)14-4-2-3-13(10-14)20(21,22)23/h2-10H,11H2,1H3/b16-9+. The highest BCUT2D eigenvalue weighted by atomic mass is 32.2. The number of halogens is 3. The first kappa shape index (κ1) is 21.8. The van der Waals surface area contributed by atoms with Crippen LogP contribution in [-0.2, 0) is 20.5 Å². The number of hydrogen-bond donors (Lipinski definition) is 0. The van der Waals surface area contributed by atoms with Gasteiger partial charge in [0.05, 0.1) is 23.3 Å². The van der Waals surface area contributed by atoms with Crippen molar-refractivity contribution in [2.45, 2.75) is 6.18 Å². The van der Waals surface area contributed by atoms with Gasteiger partial charge >= 0.3 is 12.1 Å². The lowest BCUT2D eigenvalue weighted by Gasteiger charge is -2.16. The highest BCUT2D eigenvalue weighted by Gasteiger charge is 2.36. The molecule has 0 atom stereocenters. The van der Waals surface area contributed by atoms with E-state index in [0.717, 1.165) is 28.8 Å². The summed E-state index contributed by atoms with van der Waals surface area (Å²) in [7, 11) is 1.25. The van der Waals surface area contributed by atoms with Gasteiger partial charge in [0.1, 0.15) is 5.75 Å². The Morgan fingerprint density at radius 3 is 2.53 bits per heavy atom. The molecule has 0 saturated carbocycles. The molecule has 3 rings (SSSR count). The van der Waals surface area contributed by atoms with Crippen LogP contribution in [0.4, 0.5) is 18.9 Å². The molecule has 1 saturated heterocycles. The van der Waals surface area contributed by atoms with Gasteiger partial charge in [-0.05, 0) is 42.0 Å². The van der Waals surface area contributed by atoms with Crippen LogP contribution in [0, 0.1) is 0 Å². The van der Waals surface area contributed by atoms with E-state index in [9.17, 15) is 22.8 Å². The van der Waals surface area contributed by atoms with Crippen molar-refractivity contribution in [3.05, 3.63) is 64.6 Å². The van der Waals surface area contributed by atoms with Gasteiger partial charge in [-0.1, -0.05) is 42.2 Å². The Balaban J connectivity index is 1.78. The molecule has 0 radical (unpaired) electrons. The second-order valence-corrected chi connectivity index (χ2v) is 7.67. The number of benzene rings is 2. The molecule has 30 heavy (non-hydrogen) atoms. The molecule has 0 aliphatic carbocycles. The summed E-state index contributed by atoms with van der Waals surface area (Å²) in [4.78, 5) is 25.2. The van der Waals surface area contributed by atoms with E-state index in [2.05, 4.69) is 4.74 Å². The number of methoxy groups -OCH3 is 1. The van der Waals surface area contributed by atoms with E-state index in [-0.39, 0.29) is 21.5 Å². The minimum absolute atomic E-state index is 0.0577. The maximum atomic E-state index is 13.0. The molecule has 156 valence electrons. The third kappa shape index (κ3) is 5.00. The number of thiocarbonyl (C=S) groups is 1. The van der Waals surface area contributed by atoms with Crippen molar-refractivity contribution in [2.24, 2.45) is 0 Å². The average Bonchev–Trinajstić information content (AvgIpc) is 2.99. The number of alkyl halides is 3. The van der Waals surface area contributed by atoms with E-state index >= 15 is 0 Å². The zero-order chi connectivity index (χ0) is 21.9. The van der Waals surface area contributed by atoms with Crippen molar-refractivity contribution in [1.82, 2.24) is 0 Å². The van der Waals surface area contributed by atoms with Crippen molar-refractivity contribution in [3.63, 3.8) is 0 Å². The molecule has 0 aromatic heterocycles. The summed E-state index contributed by atoms with van der Waals surface area (Å²) in [6.45, 7) is -0.231. The molecule has 0 bridgehead atoms. The predicted octanol–water partition coefficient (Wildman–Crippen LogP) is 4.66. The first-order valence-electron chi connectivity index (χ1n) is 8.44. The Labute approximate surface area is 179 Å². The third-order valence-electron chi connectivity index (χ3n) is 3.99. The zero-order valence-corrected chi connectivity index (χ0v) is 17.1. The Kier molecular flexibility index (Phi) is 6.47. The quantitative estimate of drug-likeness (QED) is 0.373. The lowest BCUT2D eigenvalue weighted by Crippen LogP contribution is -2.27. The van der Waals surface area contributed by atoms with E-state index in [1.807, 2.05) is 0 Å². The Bertz CT molecular complexity index is 1020. The summed E-state index contributed by atoms with van der Waals surface area (Å²) >= 11 is 6.20. The van der Waals surface area contributed by atoms with E-state index in [0.29, 0.717) is 11.3 Å². The fourth-order valence-electron chi connectivity index (χ4n) is 2.52. The molecule has 0 unspecified atom stereocenters. The van der Waals surface area contributed by atoms with E-state index in [1.54, 1.807) is 30.3 Å². The highest BCUT2D eigenvalue weighted by Crippen LogP contribution is 2.38. The van der Waals surface area contributed by atoms with Crippen molar-refractivity contribution in [2.75, 3.05) is 18.6 Å². The van der Waals surface area contributed by atoms with Crippen LogP contribution in [0.5, 0.6) is 5.75 Å². The minimum Gasteiger partial charge on any atom is -0.482 e. The molecule has 1 heterocycles. The van der Waals surface area contributed by atoms with Gasteiger partial charge < -0.3 is 9.47 Å². The van der Waals surface area contributed by atoms with Crippen LogP contribution in [-0.4, -0.2) is 29.9 Å². The molecular weight excluding hydrogens is 439 g/mol. The monoisotopic (exact) mass is 453 g/mol. The van der Waals surface area contributed by atoms with Gasteiger partial charge in [0.2, 0.25) is 0 Å². The molecule has 5 nitrogen and oxygen atoms in total. The first-order valence-corrected chi connectivity index (χ1v) is 9.66. The topological polar surface area (TPSA) is 55.8 Å². The molecule has 1 amide bonds. The minimum atomic E-state index is -4.52. The molecule has 2 aromatic rings. The highest BCUT2D eigenvalue weighted by molar-refractivity contribution is 8.27. The van der Waals surface area contributed by atoms with Crippen molar-refractivity contribution >= 4 is 51.9 Å². The van der Waals surface area contributed by atoms with Gasteiger partial charge in [0.15, 0.2) is 10.9 Å². The van der Waals surface area contributed by atoms with Crippen molar-refractivity contribution in [3.8, 4) is 5.75 Å². The molecule has 2 aromatic carbocycles. The number of anilines is 1. The average molecular weight is 453 g/mol. The van der Waals surface area contributed by atoms with Crippen LogP contribution in [0.2, 0.25) is 0 Å². The Morgan fingerprint density at radius 1 is 1.20 bits per heavy atom. The molecule has 10 heteroatoms.